The second kappa shape index (κ2) is 5.98. The normalized spacial score (nSPS) is 18.1. The summed E-state index contributed by atoms with van der Waals surface area (Å²) in [6.07, 6.45) is 2.02. The lowest BCUT2D eigenvalue weighted by Crippen LogP contribution is -2.27. The van der Waals surface area contributed by atoms with Gasteiger partial charge in [0.2, 0.25) is 5.89 Å². The van der Waals surface area contributed by atoms with Gasteiger partial charge in [0.1, 0.15) is 5.76 Å². The number of carbonyl (C=O) groups is 1. The van der Waals surface area contributed by atoms with Crippen LogP contribution in [-0.2, 0) is 6.54 Å². The summed E-state index contributed by atoms with van der Waals surface area (Å²) in [6, 6.07) is 3.65. The predicted molar refractivity (Wildman–Crippen MR) is 76.5 cm³/mol. The van der Waals surface area contributed by atoms with E-state index in [1.807, 2.05) is 0 Å². The molecule has 0 bridgehead atoms. The molecule has 2 aromatic heterocycles. The number of nitrogens with zero attached hydrogens (tertiary/aromatic N) is 3. The molecule has 1 amide bonds. The van der Waals surface area contributed by atoms with E-state index in [1.54, 1.807) is 19.2 Å². The Labute approximate surface area is 129 Å². The van der Waals surface area contributed by atoms with Crippen molar-refractivity contribution < 1.29 is 13.7 Å². The molecule has 0 spiro atoms. The smallest absolute Gasteiger partial charge is 0.295 e. The van der Waals surface area contributed by atoms with Gasteiger partial charge in [-0.25, -0.2) is 0 Å². The quantitative estimate of drug-likeness (QED) is 0.905. The van der Waals surface area contributed by atoms with Gasteiger partial charge in [0, 0.05) is 7.05 Å². The van der Waals surface area contributed by atoms with Crippen LogP contribution in [0.5, 0.6) is 0 Å². The summed E-state index contributed by atoms with van der Waals surface area (Å²) >= 11 is 3.23. The van der Waals surface area contributed by atoms with Gasteiger partial charge in [0.05, 0.1) is 12.6 Å². The number of aromatic nitrogens is 2. The van der Waals surface area contributed by atoms with E-state index in [9.17, 15) is 4.79 Å². The van der Waals surface area contributed by atoms with Gasteiger partial charge in [-0.1, -0.05) is 5.16 Å². The van der Waals surface area contributed by atoms with E-state index in [-0.39, 0.29) is 17.8 Å². The highest BCUT2D eigenvalue weighted by Gasteiger charge is 2.25. The zero-order chi connectivity index (χ0) is 14.8. The Morgan fingerprint density at radius 3 is 3.10 bits per heavy atom. The van der Waals surface area contributed by atoms with Crippen molar-refractivity contribution in [3.05, 3.63) is 34.3 Å². The Morgan fingerprint density at radius 2 is 2.43 bits per heavy atom. The first-order chi connectivity index (χ1) is 10.1. The van der Waals surface area contributed by atoms with Crippen LogP contribution < -0.4 is 5.32 Å². The number of amides is 1. The molecule has 1 aliphatic rings. The van der Waals surface area contributed by atoms with Crippen LogP contribution in [-0.4, -0.2) is 34.5 Å². The maximum absolute atomic E-state index is 12.3. The van der Waals surface area contributed by atoms with Crippen LogP contribution in [0.15, 0.2) is 25.7 Å². The lowest BCUT2D eigenvalue weighted by molar-refractivity contribution is 0.0759. The summed E-state index contributed by atoms with van der Waals surface area (Å²) in [5, 5.41) is 7.03. The number of furan rings is 1. The highest BCUT2D eigenvalue weighted by Crippen LogP contribution is 2.21. The van der Waals surface area contributed by atoms with Crippen molar-refractivity contribution in [2.75, 3.05) is 13.6 Å². The Balaban J connectivity index is 1.66. The fourth-order valence-electron chi connectivity index (χ4n) is 2.27. The van der Waals surface area contributed by atoms with Crippen LogP contribution in [0.3, 0.4) is 0 Å². The number of rotatable bonds is 4. The van der Waals surface area contributed by atoms with Crippen LogP contribution in [0, 0.1) is 0 Å². The molecule has 2 aromatic rings. The fraction of sp³-hybridized carbons (Fsp3) is 0.462. The number of nitrogens with one attached hydrogen (secondary N) is 1. The molecule has 1 fully saturated rings. The van der Waals surface area contributed by atoms with E-state index < -0.39 is 0 Å². The first-order valence-corrected chi connectivity index (χ1v) is 7.49. The zero-order valence-electron chi connectivity index (χ0n) is 11.5. The fourth-order valence-corrected chi connectivity index (χ4v) is 2.61. The maximum Gasteiger partial charge on any atom is 0.295 e. The Morgan fingerprint density at radius 1 is 1.57 bits per heavy atom. The molecule has 7 nitrogen and oxygen atoms in total. The third-order valence-electron chi connectivity index (χ3n) is 3.36. The van der Waals surface area contributed by atoms with Gasteiger partial charge >= 0.3 is 0 Å². The van der Waals surface area contributed by atoms with Gasteiger partial charge in [-0.2, -0.15) is 4.98 Å². The van der Waals surface area contributed by atoms with Crippen molar-refractivity contribution in [3.63, 3.8) is 0 Å². The second-order valence-corrected chi connectivity index (χ2v) is 5.75. The molecule has 1 unspecified atom stereocenters. The third kappa shape index (κ3) is 3.16. The summed E-state index contributed by atoms with van der Waals surface area (Å²) < 4.78 is 11.2. The average Bonchev–Trinajstić information content (AvgIpc) is 3.18. The predicted octanol–water partition coefficient (Wildman–Crippen LogP) is 2.12. The molecule has 3 rings (SSSR count). The van der Waals surface area contributed by atoms with Gasteiger partial charge in [-0.3, -0.25) is 4.79 Å². The summed E-state index contributed by atoms with van der Waals surface area (Å²) in [5.74, 6) is 0.936. The summed E-state index contributed by atoms with van der Waals surface area (Å²) in [7, 11) is 1.67. The lowest BCUT2D eigenvalue weighted by Gasteiger charge is -2.12. The molecular formula is C13H15BrN4O3. The maximum atomic E-state index is 12.3. The standard InChI is InChI=1S/C13H15BrN4O3/c1-18(7-8-4-5-10(14)20-8)13(19)11-16-12(21-17-11)9-3-2-6-15-9/h4-5,9,15H,2-3,6-7H2,1H3. The van der Waals surface area contributed by atoms with Gasteiger partial charge in [0.15, 0.2) is 4.67 Å². The number of hydrogen-bond acceptors (Lipinski definition) is 6. The van der Waals surface area contributed by atoms with Crippen LogP contribution in [0.4, 0.5) is 0 Å². The molecule has 21 heavy (non-hydrogen) atoms. The number of carbonyl (C=O) groups excluding carboxylic acids is 1. The first-order valence-electron chi connectivity index (χ1n) is 6.70. The minimum atomic E-state index is -0.296. The monoisotopic (exact) mass is 354 g/mol. The van der Waals surface area contributed by atoms with Gasteiger partial charge in [-0.15, -0.1) is 0 Å². The molecule has 112 valence electrons. The molecule has 3 heterocycles. The van der Waals surface area contributed by atoms with Crippen molar-refractivity contribution in [3.8, 4) is 0 Å². The Kier molecular flexibility index (Phi) is 4.07. The first kappa shape index (κ1) is 14.3. The molecule has 0 saturated carbocycles. The largest absolute Gasteiger partial charge is 0.452 e. The minimum Gasteiger partial charge on any atom is -0.452 e. The van der Waals surface area contributed by atoms with Crippen LogP contribution >= 0.6 is 15.9 Å². The zero-order valence-corrected chi connectivity index (χ0v) is 13.1. The highest BCUT2D eigenvalue weighted by molar-refractivity contribution is 9.10. The van der Waals surface area contributed by atoms with E-state index in [0.717, 1.165) is 19.4 Å². The van der Waals surface area contributed by atoms with Crippen molar-refractivity contribution >= 4 is 21.8 Å². The molecule has 0 radical (unpaired) electrons. The lowest BCUT2D eigenvalue weighted by atomic mass is 10.2. The highest BCUT2D eigenvalue weighted by atomic mass is 79.9. The van der Waals surface area contributed by atoms with Gasteiger partial charge in [-0.05, 0) is 47.4 Å². The van der Waals surface area contributed by atoms with Gasteiger partial charge in [0.25, 0.3) is 11.7 Å². The van der Waals surface area contributed by atoms with E-state index in [2.05, 4.69) is 31.4 Å². The van der Waals surface area contributed by atoms with Crippen LogP contribution in [0.25, 0.3) is 0 Å². The molecule has 1 atom stereocenters. The van der Waals surface area contributed by atoms with E-state index in [0.29, 0.717) is 22.9 Å². The van der Waals surface area contributed by atoms with E-state index in [1.165, 1.54) is 4.90 Å². The van der Waals surface area contributed by atoms with E-state index in [4.69, 9.17) is 8.94 Å². The number of hydrogen-bond donors (Lipinski definition) is 1. The second-order valence-electron chi connectivity index (χ2n) is 4.97. The third-order valence-corrected chi connectivity index (χ3v) is 3.79. The molecular weight excluding hydrogens is 340 g/mol. The minimum absolute atomic E-state index is 0.0605. The molecule has 1 saturated heterocycles. The molecule has 1 N–H and O–H groups in total. The van der Waals surface area contributed by atoms with Crippen molar-refractivity contribution in [2.45, 2.75) is 25.4 Å². The molecule has 0 aliphatic carbocycles. The molecule has 0 aromatic carbocycles. The van der Waals surface area contributed by atoms with Crippen LogP contribution in [0.2, 0.25) is 0 Å². The Bertz CT molecular complexity index is 633. The van der Waals surface area contributed by atoms with Crippen molar-refractivity contribution in [1.82, 2.24) is 20.4 Å². The average molecular weight is 355 g/mol. The van der Waals surface area contributed by atoms with Crippen molar-refractivity contribution in [2.24, 2.45) is 0 Å². The summed E-state index contributed by atoms with van der Waals surface area (Å²) in [5.41, 5.74) is 0. The Hall–Kier alpha value is -1.67. The molecule has 1 aliphatic heterocycles. The topological polar surface area (TPSA) is 84.4 Å². The van der Waals surface area contributed by atoms with Gasteiger partial charge < -0.3 is 19.2 Å². The molecule has 8 heteroatoms. The van der Waals surface area contributed by atoms with Crippen molar-refractivity contribution in [1.29, 1.82) is 0 Å². The summed E-state index contributed by atoms with van der Waals surface area (Å²) in [4.78, 5) is 17.9. The number of halogens is 1. The summed E-state index contributed by atoms with van der Waals surface area (Å²) in [6.45, 7) is 1.28. The SMILES string of the molecule is CN(Cc1ccc(Br)o1)C(=O)c1noc(C2CCCN2)n1. The van der Waals surface area contributed by atoms with Crippen LogP contribution in [0.1, 0.15) is 41.2 Å². The van der Waals surface area contributed by atoms with E-state index >= 15 is 0 Å².